The molecule has 0 aromatic heterocycles. The summed E-state index contributed by atoms with van der Waals surface area (Å²) in [5.74, 6) is 2.66. The molecular weight excluding hydrogens is 274 g/mol. The second-order valence-electron chi connectivity index (χ2n) is 7.84. The molecule has 0 radical (unpaired) electrons. The van der Waals surface area contributed by atoms with Gasteiger partial charge in [0.05, 0.1) is 18.8 Å². The molecule has 3 N–H and O–H groups in total. The number of hydrogen-bond donors (Lipinski definition) is 2. The van der Waals surface area contributed by atoms with Crippen LogP contribution in [0.25, 0.3) is 0 Å². The molecule has 0 aromatic carbocycles. The Labute approximate surface area is 135 Å². The van der Waals surface area contributed by atoms with E-state index in [0.29, 0.717) is 12.6 Å². The Hall–Kier alpha value is -0.380. The molecule has 0 amide bonds. The van der Waals surface area contributed by atoms with Crippen LogP contribution in [0.5, 0.6) is 0 Å². The number of rotatable bonds is 3. The van der Waals surface area contributed by atoms with Crippen molar-refractivity contribution in [2.24, 2.45) is 23.5 Å². The first kappa shape index (κ1) is 16.5. The van der Waals surface area contributed by atoms with Crippen molar-refractivity contribution in [3.05, 3.63) is 12.2 Å². The molecule has 126 valence electrons. The molecule has 0 aromatic rings. The number of hydrogen-bond acceptors (Lipinski definition) is 3. The largest absolute Gasteiger partial charge is 0.391 e. The second kappa shape index (κ2) is 7.94. The third-order valence-corrected chi connectivity index (χ3v) is 6.18. The molecule has 3 rings (SSSR count). The lowest BCUT2D eigenvalue weighted by Gasteiger charge is -2.36. The second-order valence-corrected chi connectivity index (χ2v) is 7.84. The zero-order valence-corrected chi connectivity index (χ0v) is 13.8. The number of allylic oxidation sites excluding steroid dienone is 1. The molecule has 22 heavy (non-hydrogen) atoms. The maximum absolute atomic E-state index is 9.46. The van der Waals surface area contributed by atoms with Gasteiger partial charge in [0.1, 0.15) is 0 Å². The van der Waals surface area contributed by atoms with E-state index in [1.54, 1.807) is 0 Å². The van der Waals surface area contributed by atoms with Gasteiger partial charge < -0.3 is 15.6 Å². The molecule has 3 fully saturated rings. The van der Waals surface area contributed by atoms with Crippen molar-refractivity contribution >= 4 is 0 Å². The highest BCUT2D eigenvalue weighted by Crippen LogP contribution is 2.40. The molecule has 2 saturated carbocycles. The van der Waals surface area contributed by atoms with Gasteiger partial charge in [0, 0.05) is 6.04 Å². The van der Waals surface area contributed by atoms with E-state index >= 15 is 0 Å². The summed E-state index contributed by atoms with van der Waals surface area (Å²) in [7, 11) is 0. The average Bonchev–Trinajstić information content (AvgIpc) is 2.56. The quantitative estimate of drug-likeness (QED) is 0.786. The Morgan fingerprint density at radius 2 is 1.41 bits per heavy atom. The first-order valence-corrected chi connectivity index (χ1v) is 9.44. The van der Waals surface area contributed by atoms with Crippen molar-refractivity contribution < 1.29 is 9.84 Å². The smallest absolute Gasteiger partial charge is 0.0775 e. The van der Waals surface area contributed by atoms with Crippen molar-refractivity contribution in [2.45, 2.75) is 82.5 Å². The van der Waals surface area contributed by atoms with Gasteiger partial charge in [-0.1, -0.05) is 12.2 Å². The van der Waals surface area contributed by atoms with Crippen LogP contribution in [0.15, 0.2) is 12.2 Å². The summed E-state index contributed by atoms with van der Waals surface area (Å²) in [6.07, 6.45) is 17.2. The van der Waals surface area contributed by atoms with Crippen LogP contribution in [0, 0.1) is 17.8 Å². The van der Waals surface area contributed by atoms with E-state index in [0.717, 1.165) is 30.6 Å². The van der Waals surface area contributed by atoms with Crippen molar-refractivity contribution in [3.63, 3.8) is 0 Å². The third kappa shape index (κ3) is 4.56. The van der Waals surface area contributed by atoms with Crippen LogP contribution in [-0.2, 0) is 4.74 Å². The van der Waals surface area contributed by atoms with Gasteiger partial charge in [0.2, 0.25) is 0 Å². The minimum atomic E-state index is -0.247. The highest BCUT2D eigenvalue weighted by Gasteiger charge is 2.29. The summed E-state index contributed by atoms with van der Waals surface area (Å²) in [5.41, 5.74) is 6.03. The van der Waals surface area contributed by atoms with Gasteiger partial charge in [-0.15, -0.1) is 0 Å². The van der Waals surface area contributed by atoms with Crippen LogP contribution >= 0.6 is 0 Å². The summed E-state index contributed by atoms with van der Waals surface area (Å²) in [6, 6.07) is 0.476. The predicted molar refractivity (Wildman–Crippen MR) is 89.5 cm³/mol. The maximum atomic E-state index is 9.46. The number of nitrogens with two attached hydrogens (primary N) is 1. The van der Waals surface area contributed by atoms with Crippen LogP contribution in [-0.4, -0.2) is 30.0 Å². The van der Waals surface area contributed by atoms with Crippen LogP contribution in [0.4, 0.5) is 0 Å². The van der Waals surface area contributed by atoms with Crippen LogP contribution < -0.4 is 5.73 Å². The van der Waals surface area contributed by atoms with Gasteiger partial charge in [-0.2, -0.15) is 0 Å². The highest BCUT2D eigenvalue weighted by molar-refractivity contribution is 4.97. The Morgan fingerprint density at radius 1 is 0.773 bits per heavy atom. The van der Waals surface area contributed by atoms with Gasteiger partial charge in [0.15, 0.2) is 0 Å². The summed E-state index contributed by atoms with van der Waals surface area (Å²) in [5, 5.41) is 9.46. The molecule has 2 atom stereocenters. The molecule has 2 unspecified atom stereocenters. The van der Waals surface area contributed by atoms with E-state index in [1.807, 2.05) is 0 Å². The standard InChI is InChI=1S/C19H33NO2/c20-17-8-6-16(7-9-17)15-4-1-14(2-5-15)3-11-19-12-10-18(21)13-22-19/h3,11,14-19,21H,1-2,4-10,12-13,20H2/b11-3+. The molecule has 0 bridgehead atoms. The zero-order valence-electron chi connectivity index (χ0n) is 13.8. The first-order chi connectivity index (χ1) is 10.7. The van der Waals surface area contributed by atoms with E-state index in [2.05, 4.69) is 12.2 Å². The molecule has 2 aliphatic carbocycles. The van der Waals surface area contributed by atoms with E-state index in [4.69, 9.17) is 10.5 Å². The van der Waals surface area contributed by atoms with Gasteiger partial charge in [-0.05, 0) is 82.0 Å². The summed E-state index contributed by atoms with van der Waals surface area (Å²) >= 11 is 0. The fraction of sp³-hybridized carbons (Fsp3) is 0.895. The summed E-state index contributed by atoms with van der Waals surface area (Å²) in [6.45, 7) is 0.506. The fourth-order valence-electron chi connectivity index (χ4n) is 4.62. The molecule has 1 heterocycles. The third-order valence-electron chi connectivity index (χ3n) is 6.18. The monoisotopic (exact) mass is 307 g/mol. The normalized spacial score (nSPS) is 44.3. The molecule has 0 spiro atoms. The van der Waals surface area contributed by atoms with Gasteiger partial charge >= 0.3 is 0 Å². The summed E-state index contributed by atoms with van der Waals surface area (Å²) < 4.78 is 5.66. The van der Waals surface area contributed by atoms with E-state index in [9.17, 15) is 5.11 Å². The average molecular weight is 307 g/mol. The van der Waals surface area contributed by atoms with E-state index < -0.39 is 0 Å². The van der Waals surface area contributed by atoms with Crippen LogP contribution in [0.1, 0.15) is 64.2 Å². The number of aliphatic hydroxyl groups is 1. The van der Waals surface area contributed by atoms with E-state index in [-0.39, 0.29) is 12.2 Å². The number of ether oxygens (including phenoxy) is 1. The fourth-order valence-corrected chi connectivity index (χ4v) is 4.62. The van der Waals surface area contributed by atoms with Crippen molar-refractivity contribution in [1.82, 2.24) is 0 Å². The van der Waals surface area contributed by atoms with Crippen LogP contribution in [0.3, 0.4) is 0 Å². The highest BCUT2D eigenvalue weighted by atomic mass is 16.5. The van der Waals surface area contributed by atoms with Gasteiger partial charge in [-0.25, -0.2) is 0 Å². The Balaban J connectivity index is 1.38. The van der Waals surface area contributed by atoms with Gasteiger partial charge in [0.25, 0.3) is 0 Å². The van der Waals surface area contributed by atoms with Crippen molar-refractivity contribution in [2.75, 3.05) is 6.61 Å². The zero-order chi connectivity index (χ0) is 15.4. The molecule has 1 saturated heterocycles. The van der Waals surface area contributed by atoms with E-state index in [1.165, 1.54) is 51.4 Å². The summed E-state index contributed by atoms with van der Waals surface area (Å²) in [4.78, 5) is 0. The minimum absolute atomic E-state index is 0.237. The lowest BCUT2D eigenvalue weighted by atomic mass is 9.70. The Morgan fingerprint density at radius 3 is 2.00 bits per heavy atom. The molecule has 3 nitrogen and oxygen atoms in total. The van der Waals surface area contributed by atoms with Crippen LogP contribution in [0.2, 0.25) is 0 Å². The SMILES string of the molecule is NC1CCC(C2CCC(/C=C/C3CCC(O)CO3)CC2)CC1. The Kier molecular flexibility index (Phi) is 5.95. The topological polar surface area (TPSA) is 55.5 Å². The minimum Gasteiger partial charge on any atom is -0.391 e. The van der Waals surface area contributed by atoms with Crippen molar-refractivity contribution in [1.29, 1.82) is 0 Å². The lowest BCUT2D eigenvalue weighted by molar-refractivity contribution is -0.0360. The van der Waals surface area contributed by atoms with Gasteiger partial charge in [-0.3, -0.25) is 0 Å². The maximum Gasteiger partial charge on any atom is 0.0775 e. The first-order valence-electron chi connectivity index (χ1n) is 9.44. The molecule has 3 aliphatic rings. The van der Waals surface area contributed by atoms with Crippen molar-refractivity contribution in [3.8, 4) is 0 Å². The lowest BCUT2D eigenvalue weighted by Crippen LogP contribution is -2.31. The molecule has 1 aliphatic heterocycles. The molecule has 3 heteroatoms. The predicted octanol–water partition coefficient (Wildman–Crippen LogP) is 3.41. The number of aliphatic hydroxyl groups excluding tert-OH is 1. The molecular formula is C19H33NO2. The Bertz CT molecular complexity index is 346.